The fourth-order valence-corrected chi connectivity index (χ4v) is 3.90. The van der Waals surface area contributed by atoms with Crippen LogP contribution in [0, 0.1) is 6.92 Å². The Morgan fingerprint density at radius 2 is 2.00 bits per heavy atom. The van der Waals surface area contributed by atoms with Crippen LogP contribution >= 0.6 is 0 Å². The van der Waals surface area contributed by atoms with E-state index in [0.29, 0.717) is 30.1 Å². The molecule has 30 heavy (non-hydrogen) atoms. The molecule has 0 N–H and O–H groups in total. The molecule has 1 aliphatic rings. The van der Waals surface area contributed by atoms with Crippen molar-refractivity contribution < 1.29 is 9.53 Å². The molecule has 0 aliphatic carbocycles. The van der Waals surface area contributed by atoms with Gasteiger partial charge in [0.2, 0.25) is 0 Å². The van der Waals surface area contributed by atoms with Gasteiger partial charge in [-0.05, 0) is 38.0 Å². The van der Waals surface area contributed by atoms with Crippen molar-refractivity contribution in [3.63, 3.8) is 0 Å². The molecule has 1 atom stereocenters. The number of carbonyl (C=O) groups excluding carboxylic acids is 1. The zero-order valence-electron chi connectivity index (χ0n) is 17.4. The summed E-state index contributed by atoms with van der Waals surface area (Å²) in [6, 6.07) is 10.6. The highest BCUT2D eigenvalue weighted by atomic mass is 16.5. The van der Waals surface area contributed by atoms with Crippen LogP contribution in [-0.4, -0.2) is 50.6 Å². The maximum absolute atomic E-state index is 13.0. The van der Waals surface area contributed by atoms with E-state index in [2.05, 4.69) is 10.2 Å². The quantitative estimate of drug-likeness (QED) is 0.663. The van der Waals surface area contributed by atoms with Crippen LogP contribution in [0.4, 0.5) is 0 Å². The summed E-state index contributed by atoms with van der Waals surface area (Å²) in [7, 11) is 3.43. The first-order chi connectivity index (χ1) is 14.5. The minimum Gasteiger partial charge on any atom is -0.496 e. The highest BCUT2D eigenvalue weighted by molar-refractivity contribution is 5.95. The van der Waals surface area contributed by atoms with Crippen molar-refractivity contribution in [2.45, 2.75) is 25.8 Å². The Bertz CT molecular complexity index is 1130. The number of methoxy groups -OCH3 is 1. The molecular weight excluding hydrogens is 382 g/mol. The Hall–Kier alpha value is -3.42. The lowest BCUT2D eigenvalue weighted by Crippen LogP contribution is -2.43. The first-order valence-electron chi connectivity index (χ1n) is 10.0. The van der Waals surface area contributed by atoms with Crippen LogP contribution < -0.4 is 10.3 Å². The maximum Gasteiger partial charge on any atom is 0.267 e. The van der Waals surface area contributed by atoms with Gasteiger partial charge in [0.15, 0.2) is 0 Å². The van der Waals surface area contributed by atoms with Gasteiger partial charge in [-0.3, -0.25) is 14.3 Å². The Balaban J connectivity index is 1.63. The van der Waals surface area contributed by atoms with E-state index in [1.165, 1.54) is 10.7 Å². The number of amides is 1. The Kier molecular flexibility index (Phi) is 5.39. The molecule has 3 aromatic rings. The number of nitrogens with zero attached hydrogens (tertiary/aromatic N) is 5. The van der Waals surface area contributed by atoms with Gasteiger partial charge in [0.05, 0.1) is 30.6 Å². The summed E-state index contributed by atoms with van der Waals surface area (Å²) in [4.78, 5) is 27.4. The first-order valence-corrected chi connectivity index (χ1v) is 10.0. The third-order valence-corrected chi connectivity index (χ3v) is 5.70. The normalized spacial score (nSPS) is 16.5. The van der Waals surface area contributed by atoms with Gasteiger partial charge in [-0.2, -0.15) is 10.2 Å². The van der Waals surface area contributed by atoms with Crippen LogP contribution in [-0.2, 0) is 7.05 Å². The second-order valence-corrected chi connectivity index (χ2v) is 7.52. The summed E-state index contributed by atoms with van der Waals surface area (Å²) >= 11 is 0. The zero-order chi connectivity index (χ0) is 21.3. The van der Waals surface area contributed by atoms with Gasteiger partial charge in [-0.1, -0.05) is 12.1 Å². The molecule has 0 bridgehead atoms. The van der Waals surface area contributed by atoms with Gasteiger partial charge < -0.3 is 9.64 Å². The van der Waals surface area contributed by atoms with Crippen LogP contribution in [0.3, 0.4) is 0 Å². The first kappa shape index (κ1) is 19.9. The van der Waals surface area contributed by atoms with E-state index < -0.39 is 0 Å². The summed E-state index contributed by atoms with van der Waals surface area (Å²) in [5.74, 6) is 0.641. The van der Waals surface area contributed by atoms with Gasteiger partial charge in [0, 0.05) is 37.5 Å². The molecule has 1 aliphatic heterocycles. The van der Waals surface area contributed by atoms with E-state index in [9.17, 15) is 9.59 Å². The number of ether oxygens (including phenoxy) is 1. The zero-order valence-corrected chi connectivity index (χ0v) is 17.4. The number of para-hydroxylation sites is 1. The molecule has 1 amide bonds. The molecule has 3 heterocycles. The molecule has 0 spiro atoms. The highest BCUT2D eigenvalue weighted by Crippen LogP contribution is 2.28. The van der Waals surface area contributed by atoms with Crippen LogP contribution in [0.1, 0.15) is 34.9 Å². The molecule has 1 aromatic carbocycles. The standard InChI is InChI=1S/C22H25N5O3/c1-15-18(13-23-25(15)2)22(29)26-12-6-7-16(14-26)27-21(28)11-10-19(24-27)17-8-4-5-9-20(17)30-3/h4-5,8-11,13,16H,6-7,12,14H2,1-3H3/t16-/m0/s1. The molecule has 0 radical (unpaired) electrons. The lowest BCUT2D eigenvalue weighted by atomic mass is 10.0. The summed E-state index contributed by atoms with van der Waals surface area (Å²) in [6.07, 6.45) is 3.20. The molecule has 8 nitrogen and oxygen atoms in total. The van der Waals surface area contributed by atoms with Crippen LogP contribution in [0.25, 0.3) is 11.3 Å². The number of carbonyl (C=O) groups is 1. The van der Waals surface area contributed by atoms with E-state index in [1.54, 1.807) is 29.0 Å². The molecule has 0 saturated carbocycles. The third kappa shape index (κ3) is 3.60. The van der Waals surface area contributed by atoms with Crippen molar-refractivity contribution in [1.82, 2.24) is 24.5 Å². The van der Waals surface area contributed by atoms with Crippen molar-refractivity contribution in [3.8, 4) is 17.0 Å². The number of likely N-dealkylation sites (tertiary alicyclic amines) is 1. The van der Waals surface area contributed by atoms with Gasteiger partial charge >= 0.3 is 0 Å². The lowest BCUT2D eigenvalue weighted by molar-refractivity contribution is 0.0669. The van der Waals surface area contributed by atoms with Crippen LogP contribution in [0.5, 0.6) is 5.75 Å². The highest BCUT2D eigenvalue weighted by Gasteiger charge is 2.28. The number of aryl methyl sites for hydroxylation is 1. The minimum atomic E-state index is -0.179. The summed E-state index contributed by atoms with van der Waals surface area (Å²) in [6.45, 7) is 2.98. The topological polar surface area (TPSA) is 82.3 Å². The fraction of sp³-hybridized carbons (Fsp3) is 0.364. The second-order valence-electron chi connectivity index (χ2n) is 7.52. The predicted octanol–water partition coefficient (Wildman–Crippen LogP) is 2.44. The van der Waals surface area contributed by atoms with Crippen LogP contribution in [0.2, 0.25) is 0 Å². The van der Waals surface area contributed by atoms with Gasteiger partial charge in [-0.15, -0.1) is 0 Å². The molecule has 4 rings (SSSR count). The molecule has 8 heteroatoms. The smallest absolute Gasteiger partial charge is 0.267 e. The van der Waals surface area contributed by atoms with E-state index in [1.807, 2.05) is 38.2 Å². The number of benzene rings is 1. The number of hydrogen-bond acceptors (Lipinski definition) is 5. The summed E-state index contributed by atoms with van der Waals surface area (Å²) < 4.78 is 8.64. The van der Waals surface area contributed by atoms with E-state index in [-0.39, 0.29) is 17.5 Å². The van der Waals surface area contributed by atoms with Crippen molar-refractivity contribution >= 4 is 5.91 Å². The number of hydrogen-bond donors (Lipinski definition) is 0. The summed E-state index contributed by atoms with van der Waals surface area (Å²) in [5.41, 5.74) is 2.74. The Labute approximate surface area is 174 Å². The lowest BCUT2D eigenvalue weighted by Gasteiger charge is -2.33. The largest absolute Gasteiger partial charge is 0.496 e. The summed E-state index contributed by atoms with van der Waals surface area (Å²) in [5, 5.41) is 8.81. The van der Waals surface area contributed by atoms with Gasteiger partial charge in [0.1, 0.15) is 5.75 Å². The van der Waals surface area contributed by atoms with Crippen LogP contribution in [0.15, 0.2) is 47.4 Å². The Morgan fingerprint density at radius 3 is 2.73 bits per heavy atom. The predicted molar refractivity (Wildman–Crippen MR) is 113 cm³/mol. The van der Waals surface area contributed by atoms with Crippen molar-refractivity contribution in [2.24, 2.45) is 7.05 Å². The molecule has 1 saturated heterocycles. The molecular formula is C22H25N5O3. The minimum absolute atomic E-state index is 0.0563. The van der Waals surface area contributed by atoms with Gasteiger partial charge in [-0.25, -0.2) is 4.68 Å². The molecule has 156 valence electrons. The number of aromatic nitrogens is 4. The fourth-order valence-electron chi connectivity index (χ4n) is 3.90. The number of piperidine rings is 1. The van der Waals surface area contributed by atoms with E-state index in [0.717, 1.165) is 24.1 Å². The average molecular weight is 407 g/mol. The molecule has 0 unspecified atom stereocenters. The second kappa shape index (κ2) is 8.14. The Morgan fingerprint density at radius 1 is 1.20 bits per heavy atom. The molecule has 2 aromatic heterocycles. The van der Waals surface area contributed by atoms with Gasteiger partial charge in [0.25, 0.3) is 11.5 Å². The van der Waals surface area contributed by atoms with E-state index in [4.69, 9.17) is 4.74 Å². The SMILES string of the molecule is COc1ccccc1-c1ccc(=O)n([C@H]2CCCN(C(=O)c3cnn(C)c3C)C2)n1. The van der Waals surface area contributed by atoms with Crippen molar-refractivity contribution in [1.29, 1.82) is 0 Å². The van der Waals surface area contributed by atoms with Crippen molar-refractivity contribution in [3.05, 3.63) is 64.2 Å². The molecule has 1 fully saturated rings. The van der Waals surface area contributed by atoms with Crippen molar-refractivity contribution in [2.75, 3.05) is 20.2 Å². The average Bonchev–Trinajstić information content (AvgIpc) is 3.12. The maximum atomic E-state index is 13.0. The monoisotopic (exact) mass is 407 g/mol. The van der Waals surface area contributed by atoms with E-state index >= 15 is 0 Å². The number of rotatable bonds is 4. The third-order valence-electron chi connectivity index (χ3n) is 5.70.